The van der Waals surface area contributed by atoms with Crippen LogP contribution in [0.3, 0.4) is 0 Å². The topological polar surface area (TPSA) is 44.4 Å². The molecule has 0 saturated carbocycles. The quantitative estimate of drug-likeness (QED) is 0.872. The number of piperidine rings is 1. The lowest BCUT2D eigenvalue weighted by molar-refractivity contribution is -0.117. The number of amides is 1. The number of anilines is 1. The van der Waals surface area contributed by atoms with Crippen LogP contribution in [0.25, 0.3) is 0 Å². The van der Waals surface area contributed by atoms with Gasteiger partial charge in [-0.25, -0.2) is 0 Å². The molecule has 1 heterocycles. The molecular weight excluding hydrogens is 309 g/mol. The van der Waals surface area contributed by atoms with E-state index >= 15 is 0 Å². The summed E-state index contributed by atoms with van der Waals surface area (Å²) in [5.74, 6) is -0.0270. The van der Waals surface area contributed by atoms with Crippen molar-refractivity contribution in [3.63, 3.8) is 0 Å². The molecule has 0 radical (unpaired) electrons. The highest BCUT2D eigenvalue weighted by molar-refractivity contribution is 6.42. The number of halogens is 2. The van der Waals surface area contributed by atoms with Crippen molar-refractivity contribution in [2.75, 3.05) is 31.5 Å². The van der Waals surface area contributed by atoms with Crippen LogP contribution < -0.4 is 10.6 Å². The van der Waals surface area contributed by atoms with E-state index in [1.807, 2.05) is 0 Å². The molecule has 1 amide bonds. The van der Waals surface area contributed by atoms with Crippen LogP contribution in [-0.2, 0) is 4.79 Å². The van der Waals surface area contributed by atoms with E-state index in [1.54, 1.807) is 18.2 Å². The average Bonchev–Trinajstić information content (AvgIpc) is 2.49. The number of likely N-dealkylation sites (N-methyl/N-ethyl adjacent to an activating group) is 1. The van der Waals surface area contributed by atoms with Gasteiger partial charge in [-0.05, 0) is 44.1 Å². The number of rotatable bonds is 5. The zero-order valence-electron chi connectivity index (χ0n) is 12.2. The second-order valence-corrected chi connectivity index (χ2v) is 6.05. The summed E-state index contributed by atoms with van der Waals surface area (Å²) in [6.07, 6.45) is 2.30. The van der Waals surface area contributed by atoms with Crippen molar-refractivity contribution >= 4 is 34.8 Å². The van der Waals surface area contributed by atoms with Crippen LogP contribution in [0.15, 0.2) is 18.2 Å². The minimum Gasteiger partial charge on any atom is -0.325 e. The first-order chi connectivity index (χ1) is 10.1. The highest BCUT2D eigenvalue weighted by Crippen LogP contribution is 2.25. The standard InChI is InChI=1S/C15H21Cl2N3O/c1-2-20(12-4-3-7-18-9-12)10-15(21)19-11-5-6-13(16)14(17)8-11/h5-6,8,12,18H,2-4,7,9-10H2,1H3,(H,19,21). The molecule has 1 aliphatic rings. The number of carbonyl (C=O) groups is 1. The number of nitrogens with zero attached hydrogens (tertiary/aromatic N) is 1. The monoisotopic (exact) mass is 329 g/mol. The maximum Gasteiger partial charge on any atom is 0.238 e. The minimum absolute atomic E-state index is 0.0270. The molecule has 116 valence electrons. The Bertz CT molecular complexity index is 490. The van der Waals surface area contributed by atoms with Gasteiger partial charge in [0.05, 0.1) is 16.6 Å². The number of carbonyl (C=O) groups excluding carboxylic acids is 1. The lowest BCUT2D eigenvalue weighted by Gasteiger charge is -2.33. The summed E-state index contributed by atoms with van der Waals surface area (Å²) >= 11 is 11.8. The van der Waals surface area contributed by atoms with Crippen LogP contribution in [0, 0.1) is 0 Å². The van der Waals surface area contributed by atoms with Crippen LogP contribution in [-0.4, -0.2) is 43.0 Å². The molecule has 21 heavy (non-hydrogen) atoms. The predicted molar refractivity (Wildman–Crippen MR) is 88.2 cm³/mol. The molecular formula is C15H21Cl2N3O. The van der Waals surface area contributed by atoms with Crippen LogP contribution >= 0.6 is 23.2 Å². The average molecular weight is 330 g/mol. The summed E-state index contributed by atoms with van der Waals surface area (Å²) in [6, 6.07) is 5.54. The summed E-state index contributed by atoms with van der Waals surface area (Å²) in [6.45, 7) is 5.36. The van der Waals surface area contributed by atoms with Crippen molar-refractivity contribution in [2.24, 2.45) is 0 Å². The lowest BCUT2D eigenvalue weighted by atomic mass is 10.1. The summed E-state index contributed by atoms with van der Waals surface area (Å²) in [4.78, 5) is 14.4. The molecule has 1 aliphatic heterocycles. The summed E-state index contributed by atoms with van der Waals surface area (Å²) in [5.41, 5.74) is 0.673. The Hall–Kier alpha value is -0.810. The maximum atomic E-state index is 12.2. The van der Waals surface area contributed by atoms with Gasteiger partial charge < -0.3 is 10.6 Å². The molecule has 6 heteroatoms. The van der Waals surface area contributed by atoms with Gasteiger partial charge in [0, 0.05) is 18.3 Å². The van der Waals surface area contributed by atoms with Crippen molar-refractivity contribution in [3.05, 3.63) is 28.2 Å². The van der Waals surface area contributed by atoms with Gasteiger partial charge in [-0.1, -0.05) is 30.1 Å². The second-order valence-electron chi connectivity index (χ2n) is 5.24. The van der Waals surface area contributed by atoms with Gasteiger partial charge >= 0.3 is 0 Å². The molecule has 1 aromatic carbocycles. The van der Waals surface area contributed by atoms with Crippen LogP contribution in [0.2, 0.25) is 10.0 Å². The molecule has 0 bridgehead atoms. The Kier molecular flexibility index (Phi) is 6.30. The molecule has 1 unspecified atom stereocenters. The van der Waals surface area contributed by atoms with E-state index < -0.39 is 0 Å². The second kappa shape index (κ2) is 7.99. The lowest BCUT2D eigenvalue weighted by Crippen LogP contribution is -2.48. The Morgan fingerprint density at radius 2 is 2.24 bits per heavy atom. The van der Waals surface area contributed by atoms with Crippen molar-refractivity contribution < 1.29 is 4.79 Å². The SMILES string of the molecule is CCN(CC(=O)Nc1ccc(Cl)c(Cl)c1)C1CCCNC1. The van der Waals surface area contributed by atoms with Crippen molar-refractivity contribution in [1.29, 1.82) is 0 Å². The molecule has 1 aromatic rings. The van der Waals surface area contributed by atoms with E-state index in [0.717, 1.165) is 32.5 Å². The van der Waals surface area contributed by atoms with E-state index in [4.69, 9.17) is 23.2 Å². The minimum atomic E-state index is -0.0270. The number of nitrogens with one attached hydrogen (secondary N) is 2. The fraction of sp³-hybridized carbons (Fsp3) is 0.533. The first-order valence-corrected chi connectivity index (χ1v) is 8.05. The van der Waals surface area contributed by atoms with Gasteiger partial charge in [0.15, 0.2) is 0 Å². The Balaban J connectivity index is 1.91. The van der Waals surface area contributed by atoms with Gasteiger partial charge in [-0.3, -0.25) is 9.69 Å². The largest absolute Gasteiger partial charge is 0.325 e. The van der Waals surface area contributed by atoms with E-state index in [-0.39, 0.29) is 5.91 Å². The highest BCUT2D eigenvalue weighted by atomic mass is 35.5. The zero-order chi connectivity index (χ0) is 15.2. The van der Waals surface area contributed by atoms with Gasteiger partial charge in [0.1, 0.15) is 0 Å². The molecule has 0 aromatic heterocycles. The van der Waals surface area contributed by atoms with Gasteiger partial charge in [0.2, 0.25) is 5.91 Å². The third kappa shape index (κ3) is 4.85. The number of benzene rings is 1. The molecule has 1 fully saturated rings. The first-order valence-electron chi connectivity index (χ1n) is 7.30. The normalized spacial score (nSPS) is 18.8. The van der Waals surface area contributed by atoms with Crippen LogP contribution in [0.5, 0.6) is 0 Å². The summed E-state index contributed by atoms with van der Waals surface area (Å²) in [5, 5.41) is 7.18. The molecule has 2 N–H and O–H groups in total. The van der Waals surface area contributed by atoms with E-state index in [2.05, 4.69) is 22.5 Å². The summed E-state index contributed by atoms with van der Waals surface area (Å²) in [7, 11) is 0. The molecule has 2 rings (SSSR count). The van der Waals surface area contributed by atoms with Crippen molar-refractivity contribution in [2.45, 2.75) is 25.8 Å². The van der Waals surface area contributed by atoms with E-state index in [9.17, 15) is 4.79 Å². The molecule has 1 atom stereocenters. The van der Waals surface area contributed by atoms with E-state index in [0.29, 0.717) is 28.3 Å². The third-order valence-electron chi connectivity index (χ3n) is 3.74. The highest BCUT2D eigenvalue weighted by Gasteiger charge is 2.21. The predicted octanol–water partition coefficient (Wildman–Crippen LogP) is 3.01. The molecule has 0 aliphatic carbocycles. The maximum absolute atomic E-state index is 12.2. The smallest absolute Gasteiger partial charge is 0.238 e. The number of hydrogen-bond acceptors (Lipinski definition) is 3. The first kappa shape index (κ1) is 16.6. The Morgan fingerprint density at radius 3 is 2.86 bits per heavy atom. The van der Waals surface area contributed by atoms with Crippen LogP contribution in [0.4, 0.5) is 5.69 Å². The van der Waals surface area contributed by atoms with Crippen LogP contribution in [0.1, 0.15) is 19.8 Å². The van der Waals surface area contributed by atoms with E-state index in [1.165, 1.54) is 0 Å². The summed E-state index contributed by atoms with van der Waals surface area (Å²) < 4.78 is 0. The van der Waals surface area contributed by atoms with Crippen molar-refractivity contribution in [1.82, 2.24) is 10.2 Å². The Morgan fingerprint density at radius 1 is 1.43 bits per heavy atom. The molecule has 1 saturated heterocycles. The van der Waals surface area contributed by atoms with Crippen molar-refractivity contribution in [3.8, 4) is 0 Å². The van der Waals surface area contributed by atoms with Gasteiger partial charge in [-0.2, -0.15) is 0 Å². The fourth-order valence-corrected chi connectivity index (χ4v) is 2.90. The fourth-order valence-electron chi connectivity index (χ4n) is 2.60. The molecule has 0 spiro atoms. The Labute approximate surface area is 135 Å². The van der Waals surface area contributed by atoms with Gasteiger partial charge in [0.25, 0.3) is 0 Å². The molecule has 4 nitrogen and oxygen atoms in total. The zero-order valence-corrected chi connectivity index (χ0v) is 13.7. The van der Waals surface area contributed by atoms with Gasteiger partial charge in [-0.15, -0.1) is 0 Å². The third-order valence-corrected chi connectivity index (χ3v) is 4.48. The number of hydrogen-bond donors (Lipinski definition) is 2.